The number of ether oxygens (including phenoxy) is 1. The Balaban J connectivity index is 1.46. The average Bonchev–Trinajstić information content (AvgIpc) is 2.83. The molecule has 0 saturated heterocycles. The molecule has 0 bridgehead atoms. The third kappa shape index (κ3) is 4.42. The molecule has 0 fully saturated rings. The molecule has 5 rings (SSSR count). The van der Waals surface area contributed by atoms with Gasteiger partial charge in [0.25, 0.3) is 0 Å². The summed E-state index contributed by atoms with van der Waals surface area (Å²) in [5, 5.41) is 5.32. The van der Waals surface area contributed by atoms with Crippen LogP contribution in [0.3, 0.4) is 0 Å². The summed E-state index contributed by atoms with van der Waals surface area (Å²) in [4.78, 5) is 22.8. The van der Waals surface area contributed by atoms with Gasteiger partial charge < -0.3 is 10.1 Å². The van der Waals surface area contributed by atoms with Gasteiger partial charge in [-0.1, -0.05) is 48.0 Å². The molecule has 4 aromatic rings. The van der Waals surface area contributed by atoms with Crippen LogP contribution in [-0.2, 0) is 24.1 Å². The largest absolute Gasteiger partial charge is 0.497 e. The van der Waals surface area contributed by atoms with E-state index in [1.807, 2.05) is 50.3 Å². The molecule has 0 spiro atoms. The first kappa shape index (κ1) is 21.8. The molecule has 5 nitrogen and oxygen atoms in total. The zero-order valence-electron chi connectivity index (χ0n) is 19.7. The summed E-state index contributed by atoms with van der Waals surface area (Å²) >= 11 is 0. The van der Waals surface area contributed by atoms with Gasteiger partial charge in [0, 0.05) is 5.56 Å². The van der Waals surface area contributed by atoms with E-state index in [2.05, 4.69) is 35.6 Å². The van der Waals surface area contributed by atoms with Gasteiger partial charge in [-0.3, -0.25) is 4.79 Å². The number of carbonyl (C=O) groups is 1. The number of hydrogen-bond donors (Lipinski definition) is 1. The normalized spacial score (nSPS) is 12.0. The summed E-state index contributed by atoms with van der Waals surface area (Å²) in [5.41, 5.74) is 6.80. The smallest absolute Gasteiger partial charge is 0.230 e. The standard InChI is InChI=1S/C29H27N3O2/c1-18(2)14-26-29(32-27(33)16-19-8-9-20-6-4-5-7-21(20)15-19)31-25-13-10-22-17-23(34-3)11-12-24(22)28(25)30-26/h4-9,11-12,14-15,17H,10,13,16H2,1-3H3,(H,31,32,33). The zero-order chi connectivity index (χ0) is 23.7. The number of methoxy groups -OCH3 is 1. The van der Waals surface area contributed by atoms with E-state index < -0.39 is 0 Å². The molecule has 0 saturated carbocycles. The van der Waals surface area contributed by atoms with Crippen molar-refractivity contribution >= 4 is 28.6 Å². The Kier molecular flexibility index (Phi) is 5.84. The second-order valence-electron chi connectivity index (χ2n) is 8.90. The van der Waals surface area contributed by atoms with E-state index in [9.17, 15) is 4.79 Å². The quantitative estimate of drug-likeness (QED) is 0.405. The van der Waals surface area contributed by atoms with E-state index in [1.165, 1.54) is 5.56 Å². The molecule has 0 radical (unpaired) electrons. The van der Waals surface area contributed by atoms with Gasteiger partial charge in [-0.25, -0.2) is 9.97 Å². The van der Waals surface area contributed by atoms with Gasteiger partial charge in [-0.05, 0) is 72.9 Å². The van der Waals surface area contributed by atoms with Crippen molar-refractivity contribution in [2.24, 2.45) is 0 Å². The topological polar surface area (TPSA) is 64.1 Å². The molecule has 1 N–H and O–H groups in total. The van der Waals surface area contributed by atoms with Gasteiger partial charge in [-0.2, -0.15) is 0 Å². The van der Waals surface area contributed by atoms with Crippen LogP contribution in [0.2, 0.25) is 0 Å². The first-order valence-corrected chi connectivity index (χ1v) is 11.5. The number of aromatic nitrogens is 2. The van der Waals surface area contributed by atoms with Crippen LogP contribution >= 0.6 is 0 Å². The van der Waals surface area contributed by atoms with E-state index in [4.69, 9.17) is 14.7 Å². The third-order valence-corrected chi connectivity index (χ3v) is 6.06. The number of fused-ring (bicyclic) bond motifs is 4. The highest BCUT2D eigenvalue weighted by atomic mass is 16.5. The number of nitrogens with zero attached hydrogens (tertiary/aromatic N) is 2. The molecule has 34 heavy (non-hydrogen) atoms. The maximum atomic E-state index is 13.0. The van der Waals surface area contributed by atoms with Crippen molar-refractivity contribution in [1.29, 1.82) is 0 Å². The third-order valence-electron chi connectivity index (χ3n) is 6.06. The van der Waals surface area contributed by atoms with Crippen LogP contribution in [-0.4, -0.2) is 23.0 Å². The monoisotopic (exact) mass is 449 g/mol. The molecule has 1 aliphatic carbocycles. The number of aryl methyl sites for hydroxylation is 2. The SMILES string of the molecule is COc1ccc2c(c1)CCc1nc(NC(=O)Cc3ccc4ccccc4c3)c(C=C(C)C)nc1-2. The summed E-state index contributed by atoms with van der Waals surface area (Å²) < 4.78 is 5.39. The molecule has 1 amide bonds. The number of carbonyl (C=O) groups excluding carboxylic acids is 1. The number of nitrogens with one attached hydrogen (secondary N) is 1. The molecule has 1 aromatic heterocycles. The minimum absolute atomic E-state index is 0.103. The highest BCUT2D eigenvalue weighted by molar-refractivity contribution is 5.94. The van der Waals surface area contributed by atoms with E-state index in [0.717, 1.165) is 57.5 Å². The van der Waals surface area contributed by atoms with Crippen molar-refractivity contribution < 1.29 is 9.53 Å². The second kappa shape index (κ2) is 9.10. The Bertz CT molecular complexity index is 1440. The molecule has 3 aromatic carbocycles. The van der Waals surface area contributed by atoms with E-state index in [1.54, 1.807) is 7.11 Å². The Hall–Kier alpha value is -3.99. The van der Waals surface area contributed by atoms with Crippen molar-refractivity contribution in [2.75, 3.05) is 12.4 Å². The van der Waals surface area contributed by atoms with Gasteiger partial charge in [0.15, 0.2) is 5.82 Å². The van der Waals surface area contributed by atoms with Gasteiger partial charge in [0.05, 0.1) is 24.9 Å². The molecule has 0 atom stereocenters. The summed E-state index contributed by atoms with van der Waals surface area (Å²) in [7, 11) is 1.68. The lowest BCUT2D eigenvalue weighted by Crippen LogP contribution is -2.19. The number of allylic oxidation sites excluding steroid dienone is 1. The summed E-state index contributed by atoms with van der Waals surface area (Å²) in [6.07, 6.45) is 3.88. The van der Waals surface area contributed by atoms with Gasteiger partial charge in [-0.15, -0.1) is 0 Å². The van der Waals surface area contributed by atoms with Crippen LogP contribution in [0.5, 0.6) is 5.75 Å². The van der Waals surface area contributed by atoms with Crippen LogP contribution in [0, 0.1) is 0 Å². The van der Waals surface area contributed by atoms with Crippen LogP contribution < -0.4 is 10.1 Å². The fraction of sp³-hybridized carbons (Fsp3) is 0.207. The number of benzene rings is 3. The minimum atomic E-state index is -0.103. The fourth-order valence-electron chi connectivity index (χ4n) is 4.44. The second-order valence-corrected chi connectivity index (χ2v) is 8.90. The first-order chi connectivity index (χ1) is 16.5. The van der Waals surface area contributed by atoms with Crippen LogP contribution in [0.1, 0.15) is 36.4 Å². The summed E-state index contributed by atoms with van der Waals surface area (Å²) in [6.45, 7) is 4.03. The number of anilines is 1. The molecule has 1 aliphatic rings. The lowest BCUT2D eigenvalue weighted by Gasteiger charge is -2.21. The maximum absolute atomic E-state index is 13.0. The van der Waals surface area contributed by atoms with Crippen molar-refractivity contribution in [3.05, 3.63) is 88.8 Å². The van der Waals surface area contributed by atoms with Crippen molar-refractivity contribution in [2.45, 2.75) is 33.1 Å². The van der Waals surface area contributed by atoms with Crippen LogP contribution in [0.25, 0.3) is 28.1 Å². The van der Waals surface area contributed by atoms with Crippen molar-refractivity contribution in [3.8, 4) is 17.0 Å². The molecule has 0 aliphatic heterocycles. The van der Waals surface area contributed by atoms with Crippen LogP contribution in [0.15, 0.2) is 66.2 Å². The lowest BCUT2D eigenvalue weighted by molar-refractivity contribution is -0.115. The Morgan fingerprint density at radius 3 is 2.62 bits per heavy atom. The number of hydrogen-bond acceptors (Lipinski definition) is 4. The van der Waals surface area contributed by atoms with E-state index >= 15 is 0 Å². The maximum Gasteiger partial charge on any atom is 0.230 e. The van der Waals surface area contributed by atoms with Crippen molar-refractivity contribution in [3.63, 3.8) is 0 Å². The van der Waals surface area contributed by atoms with E-state index in [0.29, 0.717) is 11.5 Å². The van der Waals surface area contributed by atoms with Crippen LogP contribution in [0.4, 0.5) is 5.82 Å². The Labute approximate surface area is 199 Å². The Morgan fingerprint density at radius 2 is 1.82 bits per heavy atom. The van der Waals surface area contributed by atoms with E-state index in [-0.39, 0.29) is 12.3 Å². The summed E-state index contributed by atoms with van der Waals surface area (Å²) in [5.74, 6) is 1.26. The predicted molar refractivity (Wildman–Crippen MR) is 137 cm³/mol. The average molecular weight is 450 g/mol. The molecular weight excluding hydrogens is 422 g/mol. The highest BCUT2D eigenvalue weighted by Gasteiger charge is 2.22. The summed E-state index contributed by atoms with van der Waals surface area (Å²) in [6, 6.07) is 20.3. The molecule has 1 heterocycles. The van der Waals surface area contributed by atoms with Gasteiger partial charge >= 0.3 is 0 Å². The molecular formula is C29H27N3O2. The number of rotatable bonds is 5. The van der Waals surface area contributed by atoms with Crippen molar-refractivity contribution in [1.82, 2.24) is 9.97 Å². The number of amides is 1. The van der Waals surface area contributed by atoms with Gasteiger partial charge in [0.2, 0.25) is 5.91 Å². The predicted octanol–water partition coefficient (Wildman–Crippen LogP) is 6.01. The molecule has 5 heteroatoms. The Morgan fingerprint density at radius 1 is 1.00 bits per heavy atom. The molecule has 0 unspecified atom stereocenters. The minimum Gasteiger partial charge on any atom is -0.497 e. The molecule has 170 valence electrons. The van der Waals surface area contributed by atoms with Gasteiger partial charge in [0.1, 0.15) is 11.4 Å². The zero-order valence-corrected chi connectivity index (χ0v) is 19.7. The fourth-order valence-corrected chi connectivity index (χ4v) is 4.44. The highest BCUT2D eigenvalue weighted by Crippen LogP contribution is 2.35. The first-order valence-electron chi connectivity index (χ1n) is 11.5. The lowest BCUT2D eigenvalue weighted by atomic mass is 9.91.